The molecule has 1 atom stereocenters. The lowest BCUT2D eigenvalue weighted by Crippen LogP contribution is -2.52. The summed E-state index contributed by atoms with van der Waals surface area (Å²) in [4.78, 5) is 38.1. The highest BCUT2D eigenvalue weighted by molar-refractivity contribution is 9.50. The number of carbonyl (C=O) groups excluding carboxylic acids is 3. The van der Waals surface area contributed by atoms with Crippen LogP contribution in [0, 0.1) is 0 Å². The van der Waals surface area contributed by atoms with Gasteiger partial charge in [-0.1, -0.05) is 6.07 Å². The first-order valence-corrected chi connectivity index (χ1v) is 8.83. The minimum absolute atomic E-state index is 0.141. The number of benzene rings is 1. The number of carbonyl (C=O) groups is 3. The molecule has 1 aromatic rings. The second kappa shape index (κ2) is 5.21. The lowest BCUT2D eigenvalue weighted by atomic mass is 10.0. The van der Waals surface area contributed by atoms with E-state index in [1.807, 2.05) is 12.1 Å². The van der Waals surface area contributed by atoms with Crippen LogP contribution in [-0.4, -0.2) is 28.7 Å². The molecule has 3 rings (SSSR count). The maximum atomic E-state index is 12.4. The Balaban J connectivity index is 1.90. The summed E-state index contributed by atoms with van der Waals surface area (Å²) in [6, 6.07) is 4.98. The fourth-order valence-corrected chi connectivity index (χ4v) is 3.94. The number of hydrogen-bond donors (Lipinski definition) is 1. The van der Waals surface area contributed by atoms with Crippen LogP contribution in [0.3, 0.4) is 0 Å². The quantitative estimate of drug-likeness (QED) is 0.823. The van der Waals surface area contributed by atoms with E-state index in [0.717, 1.165) is 10.5 Å². The van der Waals surface area contributed by atoms with E-state index in [0.29, 0.717) is 18.5 Å². The average Bonchev–Trinajstić information content (AvgIpc) is 2.76. The van der Waals surface area contributed by atoms with Gasteiger partial charge in [0.1, 0.15) is 6.04 Å². The third-order valence-electron chi connectivity index (χ3n) is 3.62. The first-order valence-electron chi connectivity index (χ1n) is 6.17. The zero-order valence-electron chi connectivity index (χ0n) is 10.4. The fraction of sp³-hybridized carbons (Fsp3) is 0.308. The van der Waals surface area contributed by atoms with Gasteiger partial charge in [0.25, 0.3) is 5.91 Å². The first kappa shape index (κ1) is 13.6. The molecule has 1 N–H and O–H groups in total. The van der Waals surface area contributed by atoms with E-state index in [1.165, 1.54) is 10.2 Å². The van der Waals surface area contributed by atoms with Crippen molar-refractivity contribution in [2.24, 2.45) is 0 Å². The molecule has 0 bridgehead atoms. The third kappa shape index (κ3) is 2.14. The molecule has 7 heteroatoms. The number of imide groups is 1. The number of hydrogen-bond acceptors (Lipinski definition) is 4. The maximum absolute atomic E-state index is 12.4. The van der Waals surface area contributed by atoms with E-state index in [9.17, 15) is 14.4 Å². The van der Waals surface area contributed by atoms with E-state index in [-0.39, 0.29) is 24.1 Å². The molecule has 3 amide bonds. The van der Waals surface area contributed by atoms with Crippen molar-refractivity contribution in [3.63, 3.8) is 0 Å². The largest absolute Gasteiger partial charge is 0.322 e. The highest BCUT2D eigenvalue weighted by Crippen LogP contribution is 2.36. The van der Waals surface area contributed by atoms with E-state index in [4.69, 9.17) is 0 Å². The number of fused-ring (bicyclic) bond motifs is 1. The number of amides is 3. The van der Waals surface area contributed by atoms with Crippen LogP contribution in [0.1, 0.15) is 28.8 Å². The Bertz CT molecular complexity index is 620. The molecule has 0 radical (unpaired) electrons. The van der Waals surface area contributed by atoms with Crippen LogP contribution < -0.4 is 5.32 Å². The summed E-state index contributed by atoms with van der Waals surface area (Å²) in [6.07, 6.45) is 0.664. The predicted molar refractivity (Wildman–Crippen MR) is 77.3 cm³/mol. The Morgan fingerprint density at radius 3 is 2.80 bits per heavy atom. The van der Waals surface area contributed by atoms with Crippen LogP contribution in [0.5, 0.6) is 0 Å². The number of rotatable bonds is 2. The van der Waals surface area contributed by atoms with Crippen LogP contribution in [-0.2, 0) is 16.1 Å². The minimum Gasteiger partial charge on any atom is -0.322 e. The highest BCUT2D eigenvalue weighted by atomic mass is 79.9. The molecule has 5 nitrogen and oxygen atoms in total. The Labute approximate surface area is 127 Å². The van der Waals surface area contributed by atoms with E-state index >= 15 is 0 Å². The average molecular weight is 355 g/mol. The molecular weight excluding hydrogens is 344 g/mol. The molecule has 1 fully saturated rings. The van der Waals surface area contributed by atoms with E-state index in [1.54, 1.807) is 11.0 Å². The highest BCUT2D eigenvalue weighted by Gasteiger charge is 2.39. The number of nitrogens with one attached hydrogen (secondary N) is 1. The van der Waals surface area contributed by atoms with Crippen molar-refractivity contribution >= 4 is 42.7 Å². The van der Waals surface area contributed by atoms with Crippen LogP contribution in [0.15, 0.2) is 23.1 Å². The zero-order valence-corrected chi connectivity index (χ0v) is 12.8. The second-order valence-corrected chi connectivity index (χ2v) is 6.32. The molecule has 2 heterocycles. The fourth-order valence-electron chi connectivity index (χ4n) is 2.63. The van der Waals surface area contributed by atoms with Crippen molar-refractivity contribution < 1.29 is 14.4 Å². The van der Waals surface area contributed by atoms with Gasteiger partial charge in [0.05, 0.1) is 0 Å². The van der Waals surface area contributed by atoms with Crippen molar-refractivity contribution in [3.05, 3.63) is 29.3 Å². The Hall–Kier alpha value is -1.34. The van der Waals surface area contributed by atoms with Crippen LogP contribution in [0.25, 0.3) is 0 Å². The molecule has 1 aromatic carbocycles. The molecule has 2 aliphatic heterocycles. The topological polar surface area (TPSA) is 66.5 Å². The van der Waals surface area contributed by atoms with Gasteiger partial charge < -0.3 is 4.90 Å². The van der Waals surface area contributed by atoms with Crippen LogP contribution in [0.4, 0.5) is 0 Å². The van der Waals surface area contributed by atoms with Crippen molar-refractivity contribution in [2.75, 3.05) is 0 Å². The van der Waals surface area contributed by atoms with Gasteiger partial charge in [-0.25, -0.2) is 0 Å². The Morgan fingerprint density at radius 2 is 2.10 bits per heavy atom. The monoisotopic (exact) mass is 354 g/mol. The Morgan fingerprint density at radius 1 is 1.30 bits per heavy atom. The summed E-state index contributed by atoms with van der Waals surface area (Å²) in [7, 11) is 1.41. The molecule has 104 valence electrons. The smallest absolute Gasteiger partial charge is 0.255 e. The normalized spacial score (nSPS) is 21.9. The number of halogens is 1. The van der Waals surface area contributed by atoms with Crippen molar-refractivity contribution in [1.29, 1.82) is 0 Å². The third-order valence-corrected chi connectivity index (χ3v) is 5.22. The molecule has 1 unspecified atom stereocenters. The molecule has 20 heavy (non-hydrogen) atoms. The standard InChI is InChI=1S/C13H11BrN2O3S/c14-20-10-3-1-2-7-8(10)6-16(13(7)19)9-4-5-11(17)15-12(9)18/h1-3,9H,4-6H2,(H,15,17,18). The number of nitrogens with zero attached hydrogens (tertiary/aromatic N) is 1. The lowest BCUT2D eigenvalue weighted by Gasteiger charge is -2.29. The van der Waals surface area contributed by atoms with Gasteiger partial charge in [0, 0.05) is 23.4 Å². The summed E-state index contributed by atoms with van der Waals surface area (Å²) in [5.41, 5.74) is 1.57. The van der Waals surface area contributed by atoms with Crippen molar-refractivity contribution in [3.8, 4) is 0 Å². The molecular formula is C13H11BrN2O3S. The first-order chi connectivity index (χ1) is 9.61. The Kier molecular flexibility index (Phi) is 3.55. The van der Waals surface area contributed by atoms with Gasteiger partial charge in [0.15, 0.2) is 0 Å². The van der Waals surface area contributed by atoms with E-state index in [2.05, 4.69) is 20.1 Å². The lowest BCUT2D eigenvalue weighted by molar-refractivity contribution is -0.136. The van der Waals surface area contributed by atoms with E-state index < -0.39 is 6.04 Å². The van der Waals surface area contributed by atoms with Gasteiger partial charge in [-0.05, 0) is 49.1 Å². The summed E-state index contributed by atoms with van der Waals surface area (Å²) < 4.78 is 0. The van der Waals surface area contributed by atoms with Gasteiger partial charge in [-0.2, -0.15) is 0 Å². The summed E-state index contributed by atoms with van der Waals surface area (Å²) in [6.45, 7) is 0.412. The predicted octanol–water partition coefficient (Wildman–Crippen LogP) is 1.85. The second-order valence-electron chi connectivity index (χ2n) is 4.76. The molecule has 0 saturated carbocycles. The van der Waals surface area contributed by atoms with Gasteiger partial charge in [-0.15, -0.1) is 0 Å². The summed E-state index contributed by atoms with van der Waals surface area (Å²) >= 11 is 3.33. The minimum atomic E-state index is -0.555. The molecule has 2 aliphatic rings. The maximum Gasteiger partial charge on any atom is 0.255 e. The van der Waals surface area contributed by atoms with Gasteiger partial charge in [-0.3, -0.25) is 19.7 Å². The molecule has 0 aromatic heterocycles. The summed E-state index contributed by atoms with van der Waals surface area (Å²) in [5, 5.41) is 2.30. The SMILES string of the molecule is O=C1CCC(N2Cc3c(SBr)cccc3C2=O)C(=O)N1. The zero-order chi connectivity index (χ0) is 14.3. The molecule has 0 spiro atoms. The number of piperidine rings is 1. The summed E-state index contributed by atoms with van der Waals surface area (Å²) in [5.74, 6) is -0.791. The van der Waals surface area contributed by atoms with Crippen LogP contribution in [0.2, 0.25) is 0 Å². The van der Waals surface area contributed by atoms with Crippen LogP contribution >= 0.6 is 25.0 Å². The van der Waals surface area contributed by atoms with Gasteiger partial charge >= 0.3 is 0 Å². The molecule has 1 saturated heterocycles. The van der Waals surface area contributed by atoms with Crippen molar-refractivity contribution in [2.45, 2.75) is 30.3 Å². The van der Waals surface area contributed by atoms with Gasteiger partial charge in [0.2, 0.25) is 11.8 Å². The van der Waals surface area contributed by atoms with Crippen molar-refractivity contribution in [1.82, 2.24) is 10.2 Å². The molecule has 0 aliphatic carbocycles.